The van der Waals surface area contributed by atoms with Gasteiger partial charge in [-0.1, -0.05) is 50.2 Å². The first-order valence-electron chi connectivity index (χ1n) is 12.2. The molecule has 0 fully saturated rings. The molecule has 0 saturated heterocycles. The molecule has 188 valence electrons. The van der Waals surface area contributed by atoms with Crippen LogP contribution in [0.3, 0.4) is 0 Å². The van der Waals surface area contributed by atoms with Crippen molar-refractivity contribution in [3.8, 4) is 0 Å². The lowest BCUT2D eigenvalue weighted by atomic mass is 9.99. The maximum Gasteiger partial charge on any atom is 0.243 e. The summed E-state index contributed by atoms with van der Waals surface area (Å²) in [7, 11) is 0. The number of nitrogens with one attached hydrogen (secondary N) is 4. The Hall–Kier alpha value is -4.07. The van der Waals surface area contributed by atoms with E-state index in [9.17, 15) is 14.4 Å². The molecule has 2 heterocycles. The Kier molecular flexibility index (Phi) is 7.15. The lowest BCUT2D eigenvalue weighted by molar-refractivity contribution is -0.132. The number of carbonyl (C=O) groups excluding carboxylic acids is 3. The highest BCUT2D eigenvalue weighted by Crippen LogP contribution is 2.25. The summed E-state index contributed by atoms with van der Waals surface area (Å²) in [6.45, 7) is 7.42. The third-order valence-electron chi connectivity index (χ3n) is 6.69. The van der Waals surface area contributed by atoms with Crippen LogP contribution in [-0.4, -0.2) is 39.8 Å². The molecular formula is C28H33N5O3. The van der Waals surface area contributed by atoms with Crippen molar-refractivity contribution in [1.29, 1.82) is 0 Å². The van der Waals surface area contributed by atoms with Crippen LogP contribution in [-0.2, 0) is 27.2 Å². The van der Waals surface area contributed by atoms with Gasteiger partial charge in [0.2, 0.25) is 17.7 Å². The van der Waals surface area contributed by atoms with Gasteiger partial charge in [-0.2, -0.15) is 0 Å². The zero-order chi connectivity index (χ0) is 26.0. The Morgan fingerprint density at radius 2 is 1.19 bits per heavy atom. The standard InChI is InChI=1S/C28H33N5O3/c1-15(2)27(35)33-25(14-21-17(4)31-23-12-8-6-10-19(21)23)28(36)32-24(26(29)34)13-20-16(3)30-22-11-7-5-9-18(20)22/h5-12,15,24-25,30-31H,13-14H2,1-4H3,(H2,29,34)(H,32,36)(H,33,35)/t24-,25-/m1/s1. The van der Waals surface area contributed by atoms with Crippen LogP contribution < -0.4 is 16.4 Å². The summed E-state index contributed by atoms with van der Waals surface area (Å²) in [6, 6.07) is 13.8. The molecule has 0 unspecified atom stereocenters. The quantitative estimate of drug-likeness (QED) is 0.248. The van der Waals surface area contributed by atoms with E-state index in [4.69, 9.17) is 5.73 Å². The van der Waals surface area contributed by atoms with E-state index in [0.29, 0.717) is 0 Å². The van der Waals surface area contributed by atoms with Crippen molar-refractivity contribution in [3.05, 3.63) is 71.0 Å². The molecule has 0 aliphatic heterocycles. The molecule has 4 rings (SSSR count). The smallest absolute Gasteiger partial charge is 0.243 e. The molecule has 0 bridgehead atoms. The number of carbonyl (C=O) groups is 3. The topological polar surface area (TPSA) is 133 Å². The largest absolute Gasteiger partial charge is 0.368 e. The molecule has 4 aromatic rings. The van der Waals surface area contributed by atoms with E-state index < -0.39 is 23.9 Å². The molecular weight excluding hydrogens is 454 g/mol. The maximum absolute atomic E-state index is 13.5. The van der Waals surface area contributed by atoms with Crippen LogP contribution in [0.1, 0.15) is 36.4 Å². The number of para-hydroxylation sites is 2. The van der Waals surface area contributed by atoms with Crippen LogP contribution in [0, 0.1) is 19.8 Å². The van der Waals surface area contributed by atoms with Crippen molar-refractivity contribution >= 4 is 39.5 Å². The second kappa shape index (κ2) is 10.3. The first-order chi connectivity index (χ1) is 17.2. The normalized spacial score (nSPS) is 13.1. The van der Waals surface area contributed by atoms with E-state index >= 15 is 0 Å². The second-order valence-electron chi connectivity index (χ2n) is 9.64. The third kappa shape index (κ3) is 5.12. The number of aryl methyl sites for hydroxylation is 2. The molecule has 0 aliphatic rings. The van der Waals surface area contributed by atoms with Gasteiger partial charge in [0.15, 0.2) is 0 Å². The van der Waals surface area contributed by atoms with E-state index in [0.717, 1.165) is 44.3 Å². The van der Waals surface area contributed by atoms with Gasteiger partial charge in [0.05, 0.1) is 0 Å². The summed E-state index contributed by atoms with van der Waals surface area (Å²) in [5, 5.41) is 7.66. The molecule has 0 spiro atoms. The molecule has 36 heavy (non-hydrogen) atoms. The number of aromatic amines is 2. The number of primary amides is 1. The highest BCUT2D eigenvalue weighted by molar-refractivity contribution is 5.94. The number of benzene rings is 2. The molecule has 6 N–H and O–H groups in total. The Balaban J connectivity index is 1.61. The van der Waals surface area contributed by atoms with Gasteiger partial charge in [-0.15, -0.1) is 0 Å². The van der Waals surface area contributed by atoms with Crippen molar-refractivity contribution in [2.75, 3.05) is 0 Å². The highest BCUT2D eigenvalue weighted by atomic mass is 16.2. The fourth-order valence-electron chi connectivity index (χ4n) is 4.65. The van der Waals surface area contributed by atoms with Crippen LogP contribution >= 0.6 is 0 Å². The van der Waals surface area contributed by atoms with Gasteiger partial charge in [-0.25, -0.2) is 0 Å². The number of hydrogen-bond acceptors (Lipinski definition) is 3. The van der Waals surface area contributed by atoms with Crippen LogP contribution in [0.4, 0.5) is 0 Å². The number of amides is 3. The molecule has 0 saturated carbocycles. The number of aromatic nitrogens is 2. The van der Waals surface area contributed by atoms with Crippen LogP contribution in [0.2, 0.25) is 0 Å². The van der Waals surface area contributed by atoms with Gasteiger partial charge in [0.1, 0.15) is 12.1 Å². The molecule has 0 aliphatic carbocycles. The summed E-state index contributed by atoms with van der Waals surface area (Å²) in [5.41, 5.74) is 11.3. The summed E-state index contributed by atoms with van der Waals surface area (Å²) in [4.78, 5) is 45.2. The van der Waals surface area contributed by atoms with E-state index in [1.54, 1.807) is 13.8 Å². The number of fused-ring (bicyclic) bond motifs is 2. The highest BCUT2D eigenvalue weighted by Gasteiger charge is 2.29. The van der Waals surface area contributed by atoms with Gasteiger partial charge >= 0.3 is 0 Å². The Labute approximate surface area is 210 Å². The monoisotopic (exact) mass is 487 g/mol. The fourth-order valence-corrected chi connectivity index (χ4v) is 4.65. The predicted octanol–water partition coefficient (Wildman–Crippen LogP) is 3.16. The lowest BCUT2D eigenvalue weighted by Crippen LogP contribution is -2.54. The van der Waals surface area contributed by atoms with Gasteiger partial charge in [0, 0.05) is 52.0 Å². The van der Waals surface area contributed by atoms with Gasteiger partial charge in [-0.05, 0) is 37.1 Å². The SMILES string of the molecule is Cc1[nH]c2ccccc2c1C[C@@H](NC(=O)[C@@H](Cc1c(C)[nH]c2ccccc12)NC(=O)C(C)C)C(N)=O. The molecule has 8 heteroatoms. The van der Waals surface area contributed by atoms with Crippen LogP contribution in [0.15, 0.2) is 48.5 Å². The van der Waals surface area contributed by atoms with Gasteiger partial charge in [-0.3, -0.25) is 14.4 Å². The van der Waals surface area contributed by atoms with Crippen molar-refractivity contribution in [3.63, 3.8) is 0 Å². The van der Waals surface area contributed by atoms with E-state index in [2.05, 4.69) is 20.6 Å². The zero-order valence-corrected chi connectivity index (χ0v) is 21.1. The van der Waals surface area contributed by atoms with Gasteiger partial charge < -0.3 is 26.3 Å². The molecule has 3 amide bonds. The molecule has 2 aromatic heterocycles. The van der Waals surface area contributed by atoms with E-state index in [1.165, 1.54) is 0 Å². The second-order valence-corrected chi connectivity index (χ2v) is 9.64. The van der Waals surface area contributed by atoms with Crippen molar-refractivity contribution in [2.24, 2.45) is 11.7 Å². The summed E-state index contributed by atoms with van der Waals surface area (Å²) < 4.78 is 0. The fraction of sp³-hybridized carbons (Fsp3) is 0.321. The molecule has 0 radical (unpaired) electrons. The minimum absolute atomic E-state index is 0.240. The maximum atomic E-state index is 13.5. The van der Waals surface area contributed by atoms with Crippen molar-refractivity contribution in [1.82, 2.24) is 20.6 Å². The number of nitrogens with two attached hydrogens (primary N) is 1. The lowest BCUT2D eigenvalue weighted by Gasteiger charge is -2.23. The predicted molar refractivity (Wildman–Crippen MR) is 141 cm³/mol. The number of rotatable bonds is 9. The Morgan fingerprint density at radius 1 is 0.750 bits per heavy atom. The number of H-pyrrole nitrogens is 2. The first-order valence-corrected chi connectivity index (χ1v) is 12.2. The van der Waals surface area contributed by atoms with E-state index in [1.807, 2.05) is 62.4 Å². The first kappa shape index (κ1) is 25.0. The van der Waals surface area contributed by atoms with Crippen LogP contribution in [0.25, 0.3) is 21.8 Å². The third-order valence-corrected chi connectivity index (χ3v) is 6.69. The zero-order valence-electron chi connectivity index (χ0n) is 21.1. The minimum atomic E-state index is -0.932. The Bertz CT molecular complexity index is 1430. The minimum Gasteiger partial charge on any atom is -0.368 e. The molecule has 8 nitrogen and oxygen atoms in total. The van der Waals surface area contributed by atoms with Crippen molar-refractivity contribution in [2.45, 2.75) is 52.6 Å². The van der Waals surface area contributed by atoms with Gasteiger partial charge in [0.25, 0.3) is 0 Å². The number of hydrogen-bond donors (Lipinski definition) is 5. The Morgan fingerprint density at radius 3 is 1.67 bits per heavy atom. The van der Waals surface area contributed by atoms with E-state index in [-0.39, 0.29) is 24.7 Å². The summed E-state index contributed by atoms with van der Waals surface area (Å²) in [5.74, 6) is -1.62. The average molecular weight is 488 g/mol. The summed E-state index contributed by atoms with van der Waals surface area (Å²) in [6.07, 6.45) is 0.519. The van der Waals surface area contributed by atoms with Crippen LogP contribution in [0.5, 0.6) is 0 Å². The molecule has 2 aromatic carbocycles. The molecule has 2 atom stereocenters. The van der Waals surface area contributed by atoms with Crippen molar-refractivity contribution < 1.29 is 14.4 Å². The summed E-state index contributed by atoms with van der Waals surface area (Å²) >= 11 is 0. The average Bonchev–Trinajstić information content (AvgIpc) is 3.33.